The lowest BCUT2D eigenvalue weighted by Gasteiger charge is -2.32. The summed E-state index contributed by atoms with van der Waals surface area (Å²) in [6, 6.07) is 6.25. The van der Waals surface area contributed by atoms with E-state index in [0.717, 1.165) is 62.3 Å². The van der Waals surface area contributed by atoms with Crippen LogP contribution in [0.5, 0.6) is 0 Å². The molecule has 0 unspecified atom stereocenters. The van der Waals surface area contributed by atoms with Crippen molar-refractivity contribution in [3.05, 3.63) is 71.3 Å². The van der Waals surface area contributed by atoms with E-state index in [0.29, 0.717) is 18.1 Å². The maximum absolute atomic E-state index is 14.7. The molecule has 34 heavy (non-hydrogen) atoms. The van der Waals surface area contributed by atoms with Crippen molar-refractivity contribution >= 4 is 17.9 Å². The standard InChI is InChI=1S/C25H26F3N5O/c1-2-16-12-30-25(31-13-16)33-7-5-17(6-8-33)14-29-24-22(27)10-19(11-23(24)28)20-4-3-18(15-32-34)9-21(20)26/h3-4,9-13,15,17,29,34H,2,5-8,14H2,1H3/b32-15+. The smallest absolute Gasteiger partial charge is 0.225 e. The lowest BCUT2D eigenvalue weighted by Crippen LogP contribution is -2.37. The molecular formula is C25H26F3N5O. The van der Waals surface area contributed by atoms with Crippen LogP contribution in [-0.4, -0.2) is 41.0 Å². The van der Waals surface area contributed by atoms with Crippen molar-refractivity contribution in [2.45, 2.75) is 26.2 Å². The van der Waals surface area contributed by atoms with E-state index in [9.17, 15) is 13.2 Å². The Morgan fingerprint density at radius 2 is 1.74 bits per heavy atom. The largest absolute Gasteiger partial charge is 0.411 e. The van der Waals surface area contributed by atoms with Gasteiger partial charge in [0.2, 0.25) is 5.95 Å². The van der Waals surface area contributed by atoms with Gasteiger partial charge in [-0.05, 0) is 60.1 Å². The molecule has 0 saturated carbocycles. The Balaban J connectivity index is 1.37. The number of benzene rings is 2. The van der Waals surface area contributed by atoms with E-state index in [1.54, 1.807) is 0 Å². The summed E-state index contributed by atoms with van der Waals surface area (Å²) in [5.74, 6) is -1.27. The molecule has 0 radical (unpaired) electrons. The Morgan fingerprint density at radius 1 is 1.06 bits per heavy atom. The highest BCUT2D eigenvalue weighted by Crippen LogP contribution is 2.30. The van der Waals surface area contributed by atoms with Crippen molar-refractivity contribution < 1.29 is 18.4 Å². The molecule has 0 spiro atoms. The first-order chi connectivity index (χ1) is 16.5. The first-order valence-corrected chi connectivity index (χ1v) is 11.2. The van der Waals surface area contributed by atoms with Gasteiger partial charge in [0, 0.05) is 37.6 Å². The fourth-order valence-corrected chi connectivity index (χ4v) is 4.09. The minimum absolute atomic E-state index is 0.0565. The SMILES string of the molecule is CCc1cnc(N2CCC(CNc3c(F)cc(-c4ccc(/C=N/O)cc4F)cc3F)CC2)nc1. The molecule has 1 aliphatic rings. The molecule has 0 amide bonds. The van der Waals surface area contributed by atoms with Gasteiger partial charge in [-0.3, -0.25) is 0 Å². The van der Waals surface area contributed by atoms with Crippen molar-refractivity contribution in [2.75, 3.05) is 29.9 Å². The minimum Gasteiger partial charge on any atom is -0.411 e. The third-order valence-corrected chi connectivity index (χ3v) is 6.12. The van der Waals surface area contributed by atoms with Gasteiger partial charge in [-0.2, -0.15) is 0 Å². The number of halogens is 3. The number of hydrogen-bond donors (Lipinski definition) is 2. The van der Waals surface area contributed by atoms with Crippen LogP contribution in [0.15, 0.2) is 47.9 Å². The Hall–Kier alpha value is -3.62. The molecule has 1 aromatic heterocycles. The van der Waals surface area contributed by atoms with Crippen LogP contribution in [0.4, 0.5) is 24.8 Å². The normalized spacial score (nSPS) is 14.6. The topological polar surface area (TPSA) is 73.6 Å². The zero-order chi connectivity index (χ0) is 24.1. The molecular weight excluding hydrogens is 443 g/mol. The van der Waals surface area contributed by atoms with Gasteiger partial charge in [-0.1, -0.05) is 24.2 Å². The molecule has 2 N–H and O–H groups in total. The second-order valence-corrected chi connectivity index (χ2v) is 8.35. The van der Waals surface area contributed by atoms with Gasteiger partial charge in [0.25, 0.3) is 0 Å². The fourth-order valence-electron chi connectivity index (χ4n) is 4.09. The molecule has 178 valence electrons. The molecule has 0 aliphatic carbocycles. The van der Waals surface area contributed by atoms with Crippen molar-refractivity contribution in [3.63, 3.8) is 0 Å². The van der Waals surface area contributed by atoms with Crippen LogP contribution in [-0.2, 0) is 6.42 Å². The minimum atomic E-state index is -0.780. The first kappa shape index (κ1) is 23.5. The van der Waals surface area contributed by atoms with Gasteiger partial charge < -0.3 is 15.4 Å². The maximum atomic E-state index is 14.7. The summed E-state index contributed by atoms with van der Waals surface area (Å²) < 4.78 is 43.8. The zero-order valence-corrected chi connectivity index (χ0v) is 18.8. The van der Waals surface area contributed by atoms with Gasteiger partial charge in [-0.15, -0.1) is 0 Å². The summed E-state index contributed by atoms with van der Waals surface area (Å²) in [5, 5.41) is 14.3. The summed E-state index contributed by atoms with van der Waals surface area (Å²) in [4.78, 5) is 11.0. The molecule has 1 aliphatic heterocycles. The number of rotatable bonds is 7. The number of hydrogen-bond acceptors (Lipinski definition) is 6. The molecule has 4 rings (SSSR count). The molecule has 0 bridgehead atoms. The van der Waals surface area contributed by atoms with E-state index in [1.807, 2.05) is 12.4 Å². The average molecular weight is 470 g/mol. The highest BCUT2D eigenvalue weighted by atomic mass is 19.1. The number of aryl methyl sites for hydroxylation is 1. The number of anilines is 2. The van der Waals surface area contributed by atoms with Crippen LogP contribution in [0.2, 0.25) is 0 Å². The predicted molar refractivity (Wildman–Crippen MR) is 126 cm³/mol. The molecule has 9 heteroatoms. The number of aromatic nitrogens is 2. The Bertz CT molecular complexity index is 1140. The lowest BCUT2D eigenvalue weighted by molar-refractivity contribution is 0.322. The van der Waals surface area contributed by atoms with Crippen LogP contribution in [0.25, 0.3) is 11.1 Å². The Kier molecular flexibility index (Phi) is 7.30. The monoisotopic (exact) mass is 469 g/mol. The number of piperidine rings is 1. The van der Waals surface area contributed by atoms with E-state index in [1.165, 1.54) is 12.1 Å². The Morgan fingerprint density at radius 3 is 2.32 bits per heavy atom. The molecule has 1 fully saturated rings. The van der Waals surface area contributed by atoms with E-state index in [2.05, 4.69) is 32.3 Å². The van der Waals surface area contributed by atoms with Gasteiger partial charge in [0.05, 0.1) is 6.21 Å². The molecule has 2 aromatic carbocycles. The second-order valence-electron chi connectivity index (χ2n) is 8.35. The molecule has 3 aromatic rings. The molecule has 6 nitrogen and oxygen atoms in total. The van der Waals surface area contributed by atoms with Gasteiger partial charge >= 0.3 is 0 Å². The lowest BCUT2D eigenvalue weighted by atomic mass is 9.96. The number of nitrogens with zero attached hydrogens (tertiary/aromatic N) is 4. The third kappa shape index (κ3) is 5.30. The van der Waals surface area contributed by atoms with Crippen molar-refractivity contribution in [1.29, 1.82) is 0 Å². The molecule has 2 heterocycles. The summed E-state index contributed by atoms with van der Waals surface area (Å²) in [5.41, 5.74) is 1.36. The first-order valence-electron chi connectivity index (χ1n) is 11.2. The zero-order valence-electron chi connectivity index (χ0n) is 18.8. The van der Waals surface area contributed by atoms with E-state index < -0.39 is 17.5 Å². The van der Waals surface area contributed by atoms with Crippen molar-refractivity contribution in [3.8, 4) is 11.1 Å². The highest BCUT2D eigenvalue weighted by Gasteiger charge is 2.22. The van der Waals surface area contributed by atoms with E-state index in [4.69, 9.17) is 5.21 Å². The summed E-state index contributed by atoms with van der Waals surface area (Å²) in [6.45, 7) is 4.04. The summed E-state index contributed by atoms with van der Waals surface area (Å²) in [7, 11) is 0. The van der Waals surface area contributed by atoms with E-state index in [-0.39, 0.29) is 22.7 Å². The second kappa shape index (κ2) is 10.5. The van der Waals surface area contributed by atoms with Crippen LogP contribution in [0.1, 0.15) is 30.9 Å². The molecule has 0 atom stereocenters. The fraction of sp³-hybridized carbons (Fsp3) is 0.320. The van der Waals surface area contributed by atoms with Crippen LogP contribution in [0.3, 0.4) is 0 Å². The van der Waals surface area contributed by atoms with Crippen molar-refractivity contribution in [1.82, 2.24) is 9.97 Å². The van der Waals surface area contributed by atoms with Gasteiger partial charge in [-0.25, -0.2) is 23.1 Å². The number of nitrogens with one attached hydrogen (secondary N) is 1. The van der Waals surface area contributed by atoms with Crippen LogP contribution in [0, 0.1) is 23.4 Å². The third-order valence-electron chi connectivity index (χ3n) is 6.12. The summed E-state index contributed by atoms with van der Waals surface area (Å²) >= 11 is 0. The quantitative estimate of drug-likeness (QED) is 0.281. The number of oxime groups is 1. The van der Waals surface area contributed by atoms with Crippen LogP contribution < -0.4 is 10.2 Å². The Labute approximate surface area is 196 Å². The maximum Gasteiger partial charge on any atom is 0.225 e. The van der Waals surface area contributed by atoms with E-state index >= 15 is 0 Å². The average Bonchev–Trinajstić information content (AvgIpc) is 2.84. The summed E-state index contributed by atoms with van der Waals surface area (Å²) in [6.07, 6.45) is 7.34. The van der Waals surface area contributed by atoms with Crippen molar-refractivity contribution in [2.24, 2.45) is 11.1 Å². The highest BCUT2D eigenvalue weighted by molar-refractivity contribution is 5.81. The van der Waals surface area contributed by atoms with Gasteiger partial charge in [0.1, 0.15) is 23.1 Å². The predicted octanol–water partition coefficient (Wildman–Crippen LogP) is 5.26. The molecule has 1 saturated heterocycles. The van der Waals surface area contributed by atoms with Crippen LogP contribution >= 0.6 is 0 Å². The van der Waals surface area contributed by atoms with Gasteiger partial charge in [0.15, 0.2) is 0 Å².